The molecule has 1 atom stereocenters. The van der Waals surface area contributed by atoms with Gasteiger partial charge in [0.1, 0.15) is 0 Å². The summed E-state index contributed by atoms with van der Waals surface area (Å²) in [7, 11) is 0. The summed E-state index contributed by atoms with van der Waals surface area (Å²) in [6.45, 7) is 4.17. The first-order valence-electron chi connectivity index (χ1n) is 10.5. The molecular formula is C21H44OS. The van der Waals surface area contributed by atoms with Crippen LogP contribution in [0.3, 0.4) is 0 Å². The van der Waals surface area contributed by atoms with Gasteiger partial charge in [-0.1, -0.05) is 103 Å². The van der Waals surface area contributed by atoms with Crippen molar-refractivity contribution in [2.45, 2.75) is 123 Å². The van der Waals surface area contributed by atoms with Crippen LogP contribution in [-0.4, -0.2) is 22.7 Å². The smallest absolute Gasteiger partial charge is 0.0602 e. The van der Waals surface area contributed by atoms with Gasteiger partial charge in [-0.05, 0) is 19.1 Å². The summed E-state index contributed by atoms with van der Waals surface area (Å²) in [6.07, 6.45) is 22.8. The van der Waals surface area contributed by atoms with Crippen LogP contribution in [0, 0.1) is 0 Å². The lowest BCUT2D eigenvalue weighted by Crippen LogP contribution is -2.03. The topological polar surface area (TPSA) is 20.2 Å². The minimum absolute atomic E-state index is 0.138. The van der Waals surface area contributed by atoms with Gasteiger partial charge in [-0.3, -0.25) is 0 Å². The zero-order valence-corrected chi connectivity index (χ0v) is 17.0. The van der Waals surface area contributed by atoms with Crippen molar-refractivity contribution >= 4 is 11.8 Å². The first kappa shape index (κ1) is 23.3. The standard InChI is InChI=1S/C21H44OS/c1-3-4-5-6-7-8-9-10-11-12-13-14-15-16-17-18-19-23-20-21(2)22/h21-22H,3-20H2,1-2H3. The zero-order chi connectivity index (χ0) is 17.0. The van der Waals surface area contributed by atoms with Crippen molar-refractivity contribution in [2.24, 2.45) is 0 Å². The molecule has 0 aliphatic rings. The van der Waals surface area contributed by atoms with Crippen molar-refractivity contribution in [3.63, 3.8) is 0 Å². The number of hydrogen-bond donors (Lipinski definition) is 1. The van der Waals surface area contributed by atoms with Gasteiger partial charge in [-0.2, -0.15) is 11.8 Å². The van der Waals surface area contributed by atoms with Gasteiger partial charge in [0.2, 0.25) is 0 Å². The Morgan fingerprint density at radius 1 is 0.609 bits per heavy atom. The third-order valence-corrected chi connectivity index (χ3v) is 5.80. The second-order valence-electron chi connectivity index (χ2n) is 7.23. The minimum Gasteiger partial charge on any atom is -0.393 e. The molecule has 0 aliphatic carbocycles. The fourth-order valence-electron chi connectivity index (χ4n) is 3.01. The summed E-state index contributed by atoms with van der Waals surface area (Å²) < 4.78 is 0. The van der Waals surface area contributed by atoms with E-state index in [0.717, 1.165) is 5.75 Å². The lowest BCUT2D eigenvalue weighted by atomic mass is 10.0. The maximum absolute atomic E-state index is 9.17. The van der Waals surface area contributed by atoms with Gasteiger partial charge >= 0.3 is 0 Å². The first-order chi connectivity index (χ1) is 11.3. The molecule has 1 unspecified atom stereocenters. The quantitative estimate of drug-likeness (QED) is 0.247. The number of aliphatic hydroxyl groups is 1. The number of unbranched alkanes of at least 4 members (excludes halogenated alkanes) is 15. The highest BCUT2D eigenvalue weighted by atomic mass is 32.2. The van der Waals surface area contributed by atoms with Crippen LogP contribution in [-0.2, 0) is 0 Å². The molecule has 2 heteroatoms. The molecule has 0 aromatic carbocycles. The summed E-state index contributed by atoms with van der Waals surface area (Å²) in [6, 6.07) is 0. The fraction of sp³-hybridized carbons (Fsp3) is 1.00. The van der Waals surface area contributed by atoms with Gasteiger partial charge in [0, 0.05) is 5.75 Å². The Labute approximate surface area is 151 Å². The molecule has 0 heterocycles. The van der Waals surface area contributed by atoms with Crippen molar-refractivity contribution in [3.05, 3.63) is 0 Å². The van der Waals surface area contributed by atoms with E-state index >= 15 is 0 Å². The van der Waals surface area contributed by atoms with E-state index in [1.165, 1.54) is 108 Å². The lowest BCUT2D eigenvalue weighted by Gasteiger charge is -2.04. The van der Waals surface area contributed by atoms with E-state index in [-0.39, 0.29) is 6.10 Å². The third kappa shape index (κ3) is 22.3. The second kappa shape index (κ2) is 20.4. The van der Waals surface area contributed by atoms with E-state index in [0.29, 0.717) is 0 Å². The molecule has 1 nitrogen and oxygen atoms in total. The first-order valence-corrected chi connectivity index (χ1v) is 11.7. The maximum Gasteiger partial charge on any atom is 0.0602 e. The Balaban J connectivity index is 2.95. The number of thioether (sulfide) groups is 1. The Kier molecular flexibility index (Phi) is 20.6. The van der Waals surface area contributed by atoms with Gasteiger partial charge in [0.05, 0.1) is 6.10 Å². The van der Waals surface area contributed by atoms with Crippen LogP contribution < -0.4 is 0 Å². The third-order valence-electron chi connectivity index (χ3n) is 4.50. The largest absolute Gasteiger partial charge is 0.393 e. The maximum atomic E-state index is 9.17. The van der Waals surface area contributed by atoms with Crippen molar-refractivity contribution in [1.82, 2.24) is 0 Å². The zero-order valence-electron chi connectivity index (χ0n) is 16.2. The van der Waals surface area contributed by atoms with Gasteiger partial charge < -0.3 is 5.11 Å². The number of aliphatic hydroxyl groups excluding tert-OH is 1. The molecule has 0 saturated heterocycles. The van der Waals surface area contributed by atoms with E-state index < -0.39 is 0 Å². The summed E-state index contributed by atoms with van der Waals surface area (Å²) in [5, 5.41) is 9.17. The highest BCUT2D eigenvalue weighted by Crippen LogP contribution is 2.14. The molecule has 140 valence electrons. The van der Waals surface area contributed by atoms with Crippen molar-refractivity contribution in [1.29, 1.82) is 0 Å². The molecule has 0 rings (SSSR count). The van der Waals surface area contributed by atoms with E-state index in [2.05, 4.69) is 6.92 Å². The predicted molar refractivity (Wildman–Crippen MR) is 109 cm³/mol. The Morgan fingerprint density at radius 2 is 0.957 bits per heavy atom. The normalized spacial score (nSPS) is 12.7. The molecule has 0 aromatic rings. The van der Waals surface area contributed by atoms with Gasteiger partial charge in [-0.15, -0.1) is 0 Å². The van der Waals surface area contributed by atoms with Crippen molar-refractivity contribution < 1.29 is 5.11 Å². The highest BCUT2D eigenvalue weighted by Gasteiger charge is 1.97. The van der Waals surface area contributed by atoms with Crippen LogP contribution in [0.15, 0.2) is 0 Å². The summed E-state index contributed by atoms with van der Waals surface area (Å²) >= 11 is 1.90. The minimum atomic E-state index is -0.138. The van der Waals surface area contributed by atoms with Crippen LogP contribution in [0.2, 0.25) is 0 Å². The van der Waals surface area contributed by atoms with Crippen molar-refractivity contribution in [2.75, 3.05) is 11.5 Å². The molecule has 1 N–H and O–H groups in total. The Morgan fingerprint density at radius 3 is 1.30 bits per heavy atom. The summed E-state index contributed by atoms with van der Waals surface area (Å²) in [4.78, 5) is 0. The molecule has 0 fully saturated rings. The van der Waals surface area contributed by atoms with Gasteiger partial charge in [0.15, 0.2) is 0 Å². The van der Waals surface area contributed by atoms with E-state index in [1.54, 1.807) is 0 Å². The highest BCUT2D eigenvalue weighted by molar-refractivity contribution is 7.99. The van der Waals surface area contributed by atoms with E-state index in [4.69, 9.17) is 5.11 Å². The van der Waals surface area contributed by atoms with Gasteiger partial charge in [0.25, 0.3) is 0 Å². The molecule has 0 amide bonds. The average molecular weight is 345 g/mol. The molecule has 0 spiro atoms. The molecule has 0 saturated carbocycles. The van der Waals surface area contributed by atoms with E-state index in [9.17, 15) is 0 Å². The van der Waals surface area contributed by atoms with Crippen molar-refractivity contribution in [3.8, 4) is 0 Å². The fourth-order valence-corrected chi connectivity index (χ4v) is 3.92. The van der Waals surface area contributed by atoms with E-state index in [1.807, 2.05) is 18.7 Å². The monoisotopic (exact) mass is 344 g/mol. The van der Waals surface area contributed by atoms with Crippen LogP contribution in [0.25, 0.3) is 0 Å². The molecule has 0 bridgehead atoms. The molecular weight excluding hydrogens is 300 g/mol. The van der Waals surface area contributed by atoms with Crippen LogP contribution in [0.4, 0.5) is 0 Å². The van der Waals surface area contributed by atoms with Gasteiger partial charge in [-0.25, -0.2) is 0 Å². The second-order valence-corrected chi connectivity index (χ2v) is 8.38. The Bertz CT molecular complexity index is 206. The van der Waals surface area contributed by atoms with Crippen LogP contribution in [0.1, 0.15) is 117 Å². The molecule has 0 aliphatic heterocycles. The number of hydrogen-bond acceptors (Lipinski definition) is 2. The molecule has 0 aromatic heterocycles. The molecule has 23 heavy (non-hydrogen) atoms. The molecule has 0 radical (unpaired) electrons. The average Bonchev–Trinajstić information content (AvgIpc) is 2.53. The Hall–Kier alpha value is 0.310. The lowest BCUT2D eigenvalue weighted by molar-refractivity contribution is 0.220. The SMILES string of the molecule is CCCCCCCCCCCCCCCCCCSCC(C)O. The van der Waals surface area contributed by atoms with Crippen LogP contribution in [0.5, 0.6) is 0 Å². The van der Waals surface area contributed by atoms with Crippen LogP contribution >= 0.6 is 11.8 Å². The number of rotatable bonds is 19. The predicted octanol–water partition coefficient (Wildman–Crippen LogP) is 7.36. The summed E-state index contributed by atoms with van der Waals surface area (Å²) in [5.41, 5.74) is 0. The summed E-state index contributed by atoms with van der Waals surface area (Å²) in [5.74, 6) is 2.13.